The Balaban J connectivity index is 1.19. The van der Waals surface area contributed by atoms with E-state index in [0.717, 1.165) is 86.4 Å². The number of thiophene rings is 1. The van der Waals surface area contributed by atoms with Gasteiger partial charge >= 0.3 is 0 Å². The lowest BCUT2D eigenvalue weighted by atomic mass is 9.93. The fraction of sp³-hybridized carbons (Fsp3) is 0.206. The number of rotatable bonds is 8. The topological polar surface area (TPSA) is 94.3 Å². The van der Waals surface area contributed by atoms with Gasteiger partial charge in [-0.25, -0.2) is 0 Å². The van der Waals surface area contributed by atoms with Crippen LogP contribution < -0.4 is 10.6 Å². The Morgan fingerprint density at radius 1 is 0.929 bits per heavy atom. The predicted molar refractivity (Wildman–Crippen MR) is 175 cm³/mol. The van der Waals surface area contributed by atoms with Crippen LogP contribution >= 0.6 is 11.3 Å². The third-order valence-electron chi connectivity index (χ3n) is 8.04. The summed E-state index contributed by atoms with van der Waals surface area (Å²) in [5.41, 5.74) is 10.1. The van der Waals surface area contributed by atoms with E-state index >= 15 is 0 Å². The highest BCUT2D eigenvalue weighted by molar-refractivity contribution is 7.16. The Bertz CT molecular complexity index is 1940. The van der Waals surface area contributed by atoms with Crippen molar-refractivity contribution in [1.29, 1.82) is 0 Å². The SMILES string of the molecule is C=C(CC1CCNCC1)Nc1cncc(-c2ccc3[nH]nc(-c4cc5c(-c6ccc(C(=C)C)s6)cncc5[nH]4)c3c2)c1. The number of nitrogens with one attached hydrogen (secondary N) is 4. The van der Waals surface area contributed by atoms with Crippen molar-refractivity contribution in [2.45, 2.75) is 26.2 Å². The third kappa shape index (κ3) is 5.15. The second kappa shape index (κ2) is 11.0. The minimum Gasteiger partial charge on any atom is -0.358 e. The first kappa shape index (κ1) is 26.4. The van der Waals surface area contributed by atoms with Crippen LogP contribution in [0, 0.1) is 5.92 Å². The first-order chi connectivity index (χ1) is 20.5. The number of allylic oxidation sites excluding steroid dienone is 2. The highest BCUT2D eigenvalue weighted by Crippen LogP contribution is 2.38. The molecule has 7 rings (SSSR count). The first-order valence-electron chi connectivity index (χ1n) is 14.3. The standard InChI is InChI=1S/C34H33N7S/c1-20(2)32-6-7-33(42-32)28-18-37-19-31-26(28)15-30(39-31)34-27-14-23(4-5-29(27)40-41-34)24-13-25(17-36-16-24)38-21(3)12-22-8-10-35-11-9-22/h4-7,13-19,22,35,38-39H,1,3,8-12H2,2H3,(H,40,41). The number of H-pyrrole nitrogens is 2. The number of aromatic amines is 2. The Labute approximate surface area is 248 Å². The van der Waals surface area contributed by atoms with Gasteiger partial charge in [-0.3, -0.25) is 15.1 Å². The summed E-state index contributed by atoms with van der Waals surface area (Å²) in [6, 6.07) is 15.0. The Morgan fingerprint density at radius 2 is 1.79 bits per heavy atom. The molecule has 42 heavy (non-hydrogen) atoms. The van der Waals surface area contributed by atoms with Crippen molar-refractivity contribution < 1.29 is 0 Å². The molecule has 0 unspecified atom stereocenters. The predicted octanol–water partition coefficient (Wildman–Crippen LogP) is 8.25. The van der Waals surface area contributed by atoms with Crippen molar-refractivity contribution in [2.24, 2.45) is 5.92 Å². The molecular weight excluding hydrogens is 538 g/mol. The molecule has 8 heteroatoms. The summed E-state index contributed by atoms with van der Waals surface area (Å²) in [4.78, 5) is 15.0. The molecule has 0 radical (unpaired) electrons. The number of piperidine rings is 1. The molecular formula is C34H33N7S. The molecule has 0 spiro atoms. The van der Waals surface area contributed by atoms with Crippen molar-refractivity contribution in [3.8, 4) is 33.0 Å². The van der Waals surface area contributed by atoms with Crippen molar-refractivity contribution in [1.82, 2.24) is 30.5 Å². The van der Waals surface area contributed by atoms with Crippen LogP contribution in [0.15, 0.2) is 86.1 Å². The Hall–Kier alpha value is -4.53. The molecule has 0 amide bonds. The molecule has 4 N–H and O–H groups in total. The third-order valence-corrected chi connectivity index (χ3v) is 9.32. The summed E-state index contributed by atoms with van der Waals surface area (Å²) in [7, 11) is 0. The van der Waals surface area contributed by atoms with Gasteiger partial charge in [-0.1, -0.05) is 19.2 Å². The highest BCUT2D eigenvalue weighted by atomic mass is 32.1. The Kier molecular flexibility index (Phi) is 6.93. The molecule has 210 valence electrons. The van der Waals surface area contributed by atoms with E-state index in [1.54, 1.807) is 11.3 Å². The maximum Gasteiger partial charge on any atom is 0.116 e. The molecule has 0 aliphatic carbocycles. The van der Waals surface area contributed by atoms with Crippen LogP contribution in [0.25, 0.3) is 60.3 Å². The van der Waals surface area contributed by atoms with Gasteiger partial charge in [0.2, 0.25) is 0 Å². The van der Waals surface area contributed by atoms with Gasteiger partial charge in [0, 0.05) is 49.7 Å². The molecule has 7 nitrogen and oxygen atoms in total. The molecule has 1 saturated heterocycles. The van der Waals surface area contributed by atoms with E-state index in [1.165, 1.54) is 22.6 Å². The van der Waals surface area contributed by atoms with E-state index in [9.17, 15) is 0 Å². The fourth-order valence-corrected chi connectivity index (χ4v) is 6.80. The van der Waals surface area contributed by atoms with E-state index in [2.05, 4.69) is 86.3 Å². The molecule has 6 aromatic rings. The quantitative estimate of drug-likeness (QED) is 0.148. The number of pyridine rings is 2. The lowest BCUT2D eigenvalue weighted by molar-refractivity contribution is 0.373. The molecule has 1 fully saturated rings. The number of aromatic nitrogens is 5. The largest absolute Gasteiger partial charge is 0.358 e. The monoisotopic (exact) mass is 571 g/mol. The van der Waals surface area contributed by atoms with Crippen LogP contribution in [0.1, 0.15) is 31.1 Å². The van der Waals surface area contributed by atoms with Crippen molar-refractivity contribution in [3.63, 3.8) is 0 Å². The van der Waals surface area contributed by atoms with Gasteiger partial charge in [0.1, 0.15) is 5.69 Å². The first-order valence-corrected chi connectivity index (χ1v) is 15.2. The summed E-state index contributed by atoms with van der Waals surface area (Å²) in [6.07, 6.45) is 11.0. The number of benzene rings is 1. The summed E-state index contributed by atoms with van der Waals surface area (Å²) >= 11 is 1.74. The number of nitrogens with zero attached hydrogens (tertiary/aromatic N) is 3. The number of hydrogen-bond donors (Lipinski definition) is 4. The maximum absolute atomic E-state index is 4.71. The van der Waals surface area contributed by atoms with Gasteiger partial charge in [0.25, 0.3) is 0 Å². The van der Waals surface area contributed by atoms with Gasteiger partial charge in [0.15, 0.2) is 0 Å². The molecule has 0 atom stereocenters. The van der Waals surface area contributed by atoms with Gasteiger partial charge in [-0.15, -0.1) is 11.3 Å². The highest BCUT2D eigenvalue weighted by Gasteiger charge is 2.17. The molecule has 1 aromatic carbocycles. The number of anilines is 1. The molecule has 0 bridgehead atoms. The van der Waals surface area contributed by atoms with Gasteiger partial charge in [0.05, 0.1) is 34.8 Å². The average Bonchev–Trinajstić information content (AvgIpc) is 3.75. The minimum atomic E-state index is 0.680. The zero-order valence-corrected chi connectivity index (χ0v) is 24.4. The normalized spacial score (nSPS) is 14.0. The van der Waals surface area contributed by atoms with Crippen LogP contribution in [0.5, 0.6) is 0 Å². The van der Waals surface area contributed by atoms with E-state index in [4.69, 9.17) is 5.10 Å². The molecule has 1 aliphatic heterocycles. The number of hydrogen-bond acceptors (Lipinski definition) is 6. The minimum absolute atomic E-state index is 0.680. The number of fused-ring (bicyclic) bond motifs is 2. The summed E-state index contributed by atoms with van der Waals surface area (Å²) in [5.74, 6) is 0.680. The van der Waals surface area contributed by atoms with Crippen LogP contribution in [0.4, 0.5) is 5.69 Å². The molecule has 6 heterocycles. The lowest BCUT2D eigenvalue weighted by Crippen LogP contribution is -2.28. The van der Waals surface area contributed by atoms with Crippen LogP contribution in [0.3, 0.4) is 0 Å². The van der Waals surface area contributed by atoms with Gasteiger partial charge in [-0.05, 0) is 92.7 Å². The van der Waals surface area contributed by atoms with Crippen molar-refractivity contribution in [2.75, 3.05) is 18.4 Å². The van der Waals surface area contributed by atoms with Gasteiger partial charge in [-0.2, -0.15) is 5.10 Å². The van der Waals surface area contributed by atoms with Crippen molar-refractivity contribution in [3.05, 3.63) is 91.0 Å². The summed E-state index contributed by atoms with van der Waals surface area (Å²) in [5, 5.41) is 17.0. The zero-order chi connectivity index (χ0) is 28.6. The van der Waals surface area contributed by atoms with Crippen LogP contribution in [0.2, 0.25) is 0 Å². The van der Waals surface area contributed by atoms with E-state index in [0.29, 0.717) is 5.92 Å². The maximum atomic E-state index is 4.71. The smallest absolute Gasteiger partial charge is 0.116 e. The van der Waals surface area contributed by atoms with Gasteiger partial charge < -0.3 is 15.6 Å². The lowest BCUT2D eigenvalue weighted by Gasteiger charge is -2.23. The summed E-state index contributed by atoms with van der Waals surface area (Å²) in [6.45, 7) is 12.6. The molecule has 5 aromatic heterocycles. The van der Waals surface area contributed by atoms with Crippen LogP contribution in [-0.4, -0.2) is 38.2 Å². The zero-order valence-electron chi connectivity index (χ0n) is 23.6. The van der Waals surface area contributed by atoms with E-state index < -0.39 is 0 Å². The van der Waals surface area contributed by atoms with Crippen molar-refractivity contribution >= 4 is 44.4 Å². The average molecular weight is 572 g/mol. The second-order valence-electron chi connectivity index (χ2n) is 11.2. The van der Waals surface area contributed by atoms with E-state index in [-0.39, 0.29) is 0 Å². The van der Waals surface area contributed by atoms with E-state index in [1.807, 2.05) is 31.7 Å². The second-order valence-corrected chi connectivity index (χ2v) is 12.3. The molecule has 1 aliphatic rings. The summed E-state index contributed by atoms with van der Waals surface area (Å²) < 4.78 is 0. The Morgan fingerprint density at radius 3 is 2.62 bits per heavy atom. The fourth-order valence-electron chi connectivity index (χ4n) is 5.84. The van der Waals surface area contributed by atoms with Crippen LogP contribution in [-0.2, 0) is 0 Å². The molecule has 0 saturated carbocycles.